The Morgan fingerprint density at radius 1 is 0.935 bits per heavy atom. The van der Waals surface area contributed by atoms with Gasteiger partial charge in [0.25, 0.3) is 0 Å². The molecular weight excluding hydrogens is 418 g/mol. The van der Waals surface area contributed by atoms with Gasteiger partial charge in [0.2, 0.25) is 15.8 Å². The van der Waals surface area contributed by atoms with Crippen LogP contribution in [0.3, 0.4) is 0 Å². The third-order valence-corrected chi connectivity index (χ3v) is 6.54. The average Bonchev–Trinajstić information content (AvgIpc) is 2.73. The number of hydrogen-bond donors (Lipinski definition) is 0. The molecule has 2 aromatic rings. The van der Waals surface area contributed by atoms with Crippen LogP contribution in [-0.4, -0.2) is 70.9 Å². The topological polar surface area (TPSA) is 96.4 Å². The van der Waals surface area contributed by atoms with Crippen molar-refractivity contribution >= 4 is 33.2 Å². The molecule has 1 amide bonds. The van der Waals surface area contributed by atoms with Crippen LogP contribution >= 0.6 is 0 Å². The molecular formula is C22H23N3O5S. The highest BCUT2D eigenvalue weighted by atomic mass is 32.2. The highest BCUT2D eigenvalue weighted by Crippen LogP contribution is 2.37. The molecule has 2 aromatic carbocycles. The van der Waals surface area contributed by atoms with E-state index in [1.807, 2.05) is 0 Å². The first-order chi connectivity index (χ1) is 14.6. The monoisotopic (exact) mass is 441 g/mol. The van der Waals surface area contributed by atoms with E-state index < -0.39 is 28.3 Å². The highest BCUT2D eigenvalue weighted by molar-refractivity contribution is 7.95. The maximum Gasteiger partial charge on any atom is 0.437 e. The SMILES string of the molecule is CN(C)C(=NC(=O)OCC1=C(c2ccccc2)C(=O)c2ccccc2S1(=O)=O)N(C)C. The zero-order chi connectivity index (χ0) is 22.8. The average molecular weight is 442 g/mol. The molecule has 0 aromatic heterocycles. The zero-order valence-corrected chi connectivity index (χ0v) is 18.5. The fourth-order valence-electron chi connectivity index (χ4n) is 3.30. The van der Waals surface area contributed by atoms with Crippen LogP contribution in [-0.2, 0) is 14.6 Å². The van der Waals surface area contributed by atoms with Gasteiger partial charge in [-0.15, -0.1) is 4.99 Å². The van der Waals surface area contributed by atoms with Gasteiger partial charge in [-0.05, 0) is 17.7 Å². The van der Waals surface area contributed by atoms with E-state index in [1.54, 1.807) is 80.5 Å². The second-order valence-corrected chi connectivity index (χ2v) is 9.19. The fourth-order valence-corrected chi connectivity index (χ4v) is 4.97. The molecule has 3 rings (SSSR count). The summed E-state index contributed by atoms with van der Waals surface area (Å²) in [7, 11) is 2.79. The number of allylic oxidation sites excluding steroid dienone is 1. The van der Waals surface area contributed by atoms with Crippen molar-refractivity contribution in [2.45, 2.75) is 4.90 Å². The minimum absolute atomic E-state index is 0.00322. The predicted octanol–water partition coefficient (Wildman–Crippen LogP) is 2.68. The van der Waals surface area contributed by atoms with E-state index in [1.165, 1.54) is 12.1 Å². The molecule has 0 radical (unpaired) electrons. The molecule has 8 nitrogen and oxygen atoms in total. The predicted molar refractivity (Wildman–Crippen MR) is 117 cm³/mol. The van der Waals surface area contributed by atoms with Crippen molar-refractivity contribution in [2.24, 2.45) is 4.99 Å². The number of amides is 1. The molecule has 1 aliphatic heterocycles. The van der Waals surface area contributed by atoms with Gasteiger partial charge in [-0.25, -0.2) is 13.2 Å². The first-order valence-corrected chi connectivity index (χ1v) is 10.9. The van der Waals surface area contributed by atoms with E-state index in [0.29, 0.717) is 11.5 Å². The highest BCUT2D eigenvalue weighted by Gasteiger charge is 2.38. The normalized spacial score (nSPS) is 14.5. The van der Waals surface area contributed by atoms with Crippen LogP contribution in [0.1, 0.15) is 15.9 Å². The van der Waals surface area contributed by atoms with Crippen molar-refractivity contribution in [1.29, 1.82) is 0 Å². The van der Waals surface area contributed by atoms with Crippen molar-refractivity contribution < 1.29 is 22.7 Å². The molecule has 162 valence electrons. The molecule has 0 unspecified atom stereocenters. The van der Waals surface area contributed by atoms with Gasteiger partial charge >= 0.3 is 6.09 Å². The Morgan fingerprint density at radius 2 is 1.52 bits per heavy atom. The van der Waals surface area contributed by atoms with Crippen molar-refractivity contribution in [2.75, 3.05) is 34.8 Å². The molecule has 1 heterocycles. The number of ether oxygens (including phenoxy) is 1. The summed E-state index contributed by atoms with van der Waals surface area (Å²) in [5.74, 6) is -0.108. The molecule has 0 aliphatic carbocycles. The van der Waals surface area contributed by atoms with Crippen LogP contribution in [0.15, 0.2) is 69.4 Å². The summed E-state index contributed by atoms with van der Waals surface area (Å²) < 4.78 is 31.9. The number of Topliss-reactive ketones (excluding diaryl/α,β-unsaturated/α-hetero) is 1. The number of ketones is 1. The zero-order valence-electron chi connectivity index (χ0n) is 17.7. The Morgan fingerprint density at radius 3 is 2.13 bits per heavy atom. The van der Waals surface area contributed by atoms with Gasteiger partial charge in [0.1, 0.15) is 6.61 Å². The third-order valence-electron chi connectivity index (χ3n) is 4.63. The number of carbonyl (C=O) groups excluding carboxylic acids is 2. The molecule has 0 bridgehead atoms. The molecule has 9 heteroatoms. The molecule has 0 saturated carbocycles. The van der Waals surface area contributed by atoms with Crippen LogP contribution in [0.5, 0.6) is 0 Å². The summed E-state index contributed by atoms with van der Waals surface area (Å²) in [6.45, 7) is -0.608. The Hall–Kier alpha value is -3.46. The number of guanidine groups is 1. The van der Waals surface area contributed by atoms with Gasteiger partial charge in [0, 0.05) is 39.3 Å². The maximum absolute atomic E-state index is 13.3. The van der Waals surface area contributed by atoms with Gasteiger partial charge in [0.05, 0.1) is 9.80 Å². The lowest BCUT2D eigenvalue weighted by Gasteiger charge is -2.23. The lowest BCUT2D eigenvalue weighted by atomic mass is 9.96. The van der Waals surface area contributed by atoms with Gasteiger partial charge in [-0.2, -0.15) is 0 Å². The number of fused-ring (bicyclic) bond motifs is 1. The van der Waals surface area contributed by atoms with E-state index >= 15 is 0 Å². The summed E-state index contributed by atoms with van der Waals surface area (Å²) in [5, 5.41) is 0. The van der Waals surface area contributed by atoms with Crippen molar-refractivity contribution in [3.63, 3.8) is 0 Å². The van der Waals surface area contributed by atoms with Crippen LogP contribution < -0.4 is 0 Å². The van der Waals surface area contributed by atoms with Gasteiger partial charge in [0.15, 0.2) is 5.78 Å². The first kappa shape index (κ1) is 22.2. The number of sulfone groups is 1. The molecule has 0 spiro atoms. The van der Waals surface area contributed by atoms with Crippen molar-refractivity contribution in [3.8, 4) is 0 Å². The number of hydrogen-bond acceptors (Lipinski definition) is 5. The van der Waals surface area contributed by atoms with E-state index in [-0.39, 0.29) is 20.9 Å². The van der Waals surface area contributed by atoms with Crippen molar-refractivity contribution in [3.05, 3.63) is 70.6 Å². The number of nitrogens with zero attached hydrogens (tertiary/aromatic N) is 3. The van der Waals surface area contributed by atoms with Gasteiger partial charge < -0.3 is 14.5 Å². The third kappa shape index (κ3) is 4.36. The van der Waals surface area contributed by atoms with Gasteiger partial charge in [-0.1, -0.05) is 42.5 Å². The summed E-state index contributed by atoms with van der Waals surface area (Å²) >= 11 is 0. The minimum atomic E-state index is -4.06. The smallest absolute Gasteiger partial charge is 0.437 e. The second kappa shape index (κ2) is 8.73. The Balaban J connectivity index is 2.07. The van der Waals surface area contributed by atoms with Crippen LogP contribution in [0.2, 0.25) is 0 Å². The maximum atomic E-state index is 13.3. The molecule has 31 heavy (non-hydrogen) atoms. The van der Waals surface area contributed by atoms with E-state index in [4.69, 9.17) is 4.74 Å². The molecule has 0 atom stereocenters. The number of rotatable bonds is 3. The fraction of sp³-hybridized carbons (Fsp3) is 0.227. The number of carbonyl (C=O) groups is 2. The summed E-state index contributed by atoms with van der Waals surface area (Å²) in [6.07, 6.45) is -0.959. The quantitative estimate of drug-likeness (QED) is 0.534. The molecule has 0 saturated heterocycles. The van der Waals surface area contributed by atoms with Crippen LogP contribution in [0.25, 0.3) is 5.57 Å². The first-order valence-electron chi connectivity index (χ1n) is 9.42. The summed E-state index contributed by atoms with van der Waals surface area (Å²) in [5.41, 5.74) is 0.524. The number of benzene rings is 2. The van der Waals surface area contributed by atoms with E-state index in [2.05, 4.69) is 4.99 Å². The van der Waals surface area contributed by atoms with Crippen LogP contribution in [0.4, 0.5) is 4.79 Å². The molecule has 1 aliphatic rings. The second-order valence-electron chi connectivity index (χ2n) is 7.25. The lowest BCUT2D eigenvalue weighted by molar-refractivity contribution is 0.105. The van der Waals surface area contributed by atoms with Gasteiger partial charge in [-0.3, -0.25) is 4.79 Å². The van der Waals surface area contributed by atoms with Crippen molar-refractivity contribution in [1.82, 2.24) is 9.80 Å². The summed E-state index contributed by atoms with van der Waals surface area (Å²) in [4.78, 5) is 32.3. The summed E-state index contributed by atoms with van der Waals surface area (Å²) in [6, 6.07) is 14.5. The minimum Gasteiger partial charge on any atom is -0.442 e. The Kier molecular flexibility index (Phi) is 6.26. The standard InChI is InChI=1S/C22H23N3O5S/c1-24(2)21(25(3)4)23-22(27)30-14-18-19(15-10-6-5-7-11-15)20(26)16-12-8-9-13-17(16)31(18,28)29/h5-13H,14H2,1-4H3. The largest absolute Gasteiger partial charge is 0.442 e. The Labute approximate surface area is 181 Å². The molecule has 0 fully saturated rings. The van der Waals surface area contributed by atoms with E-state index in [0.717, 1.165) is 0 Å². The van der Waals surface area contributed by atoms with E-state index in [9.17, 15) is 18.0 Å². The Bertz CT molecular complexity index is 1170. The van der Waals surface area contributed by atoms with Crippen LogP contribution in [0, 0.1) is 0 Å². The molecule has 0 N–H and O–H groups in total. The lowest BCUT2D eigenvalue weighted by Crippen LogP contribution is -2.36. The number of aliphatic imine (C=N–C) groups is 1.